The fourth-order valence-corrected chi connectivity index (χ4v) is 7.09. The Labute approximate surface area is 419 Å². The van der Waals surface area contributed by atoms with Crippen LogP contribution in [0.25, 0.3) is 0 Å². The van der Waals surface area contributed by atoms with Crippen LogP contribution in [0, 0.1) is 0 Å². The minimum atomic E-state index is -0.593. The number of carbonyl (C=O) groups is 2. The minimum absolute atomic E-state index is 0.0402. The molecule has 0 heterocycles. The van der Waals surface area contributed by atoms with Crippen LogP contribution in [0.4, 0.5) is 0 Å². The van der Waals surface area contributed by atoms with Gasteiger partial charge in [-0.15, -0.1) is 0 Å². The third-order valence-corrected chi connectivity index (χ3v) is 11.2. The van der Waals surface area contributed by atoms with Gasteiger partial charge >= 0.3 is 11.9 Å². The third-order valence-electron chi connectivity index (χ3n) is 11.2. The van der Waals surface area contributed by atoms with Crippen LogP contribution in [-0.4, -0.2) is 37.9 Å². The maximum Gasteiger partial charge on any atom is 0.306 e. The molecule has 0 amide bonds. The molecule has 0 bridgehead atoms. The Balaban J connectivity index is 4.43. The van der Waals surface area contributed by atoms with Gasteiger partial charge in [-0.1, -0.05) is 212 Å². The van der Waals surface area contributed by atoms with Gasteiger partial charge in [0.25, 0.3) is 0 Å². The van der Waals surface area contributed by atoms with E-state index in [1.165, 1.54) is 70.6 Å². The summed E-state index contributed by atoms with van der Waals surface area (Å²) < 4.78 is 17.4. The van der Waals surface area contributed by atoms with Gasteiger partial charge in [-0.05, 0) is 135 Å². The lowest BCUT2D eigenvalue weighted by Crippen LogP contribution is -2.30. The number of carbonyl (C=O) groups excluding carboxylic acids is 2. The van der Waals surface area contributed by atoms with E-state index < -0.39 is 6.10 Å². The molecule has 68 heavy (non-hydrogen) atoms. The minimum Gasteiger partial charge on any atom is -0.462 e. The standard InChI is InChI=1S/C63H102O5/c1-4-7-10-13-16-19-22-25-28-30-32-33-36-38-41-44-47-50-53-56-62(64)67-60-61(68-63(65)57-54-51-48-45-42-39-35-27-24-21-18-15-12-9-6-3)59-66-58-55-52-49-46-43-40-37-34-31-29-26-23-20-17-14-11-8-5-2/h8-9,11-12,16-21,25-29,34-35,37,42-43,45-46,61H,4-7,10,13-15,22-24,30-33,36,38-41,44,47-60H2,1-3H3/b11-8-,12-9-,19-16-,20-17-,21-18-,28-25-,29-26-,35-27-,37-34-,45-42-,46-43-. The fraction of sp³-hybridized carbons (Fsp3) is 0.619. The Hall–Kier alpha value is -3.96. The molecule has 0 spiro atoms. The SMILES string of the molecule is CC/C=C\C/C=C\C/C=C\C/C=C\C/C=C\CCCCOCC(COC(=O)CCCCCCCCCCC/C=C\C/C=C\CCCCC)OC(=O)CCCC/C=C\C/C=C\C/C=C\C/C=C\CC. The molecule has 0 aliphatic carbocycles. The maximum atomic E-state index is 12.8. The van der Waals surface area contributed by atoms with Gasteiger partial charge in [-0.2, -0.15) is 0 Å². The number of unbranched alkanes of at least 4 members (excludes halogenated alkanes) is 16. The third kappa shape index (κ3) is 54.6. The molecule has 0 aromatic carbocycles. The number of hydrogen-bond donors (Lipinski definition) is 0. The van der Waals surface area contributed by atoms with Crippen LogP contribution in [0.15, 0.2) is 134 Å². The Morgan fingerprint density at radius 2 is 0.662 bits per heavy atom. The summed E-state index contributed by atoms with van der Waals surface area (Å²) >= 11 is 0. The zero-order valence-corrected chi connectivity index (χ0v) is 44.1. The molecule has 5 heteroatoms. The van der Waals surface area contributed by atoms with Crippen molar-refractivity contribution >= 4 is 11.9 Å². The molecule has 0 N–H and O–H groups in total. The number of rotatable bonds is 49. The Kier molecular flexibility index (Phi) is 54.0. The zero-order chi connectivity index (χ0) is 49.2. The molecule has 5 nitrogen and oxygen atoms in total. The van der Waals surface area contributed by atoms with Crippen LogP contribution < -0.4 is 0 Å². The average Bonchev–Trinajstić information content (AvgIpc) is 3.34. The number of hydrogen-bond acceptors (Lipinski definition) is 5. The van der Waals surface area contributed by atoms with Crippen molar-refractivity contribution in [2.24, 2.45) is 0 Å². The summed E-state index contributed by atoms with van der Waals surface area (Å²) in [6.07, 6.45) is 81.9. The van der Waals surface area contributed by atoms with Crippen LogP contribution in [0.1, 0.15) is 226 Å². The Morgan fingerprint density at radius 1 is 0.338 bits per heavy atom. The first-order chi connectivity index (χ1) is 33.6. The van der Waals surface area contributed by atoms with Crippen LogP contribution in [0.2, 0.25) is 0 Å². The molecule has 0 aromatic rings. The lowest BCUT2D eigenvalue weighted by atomic mass is 10.1. The summed E-state index contributed by atoms with van der Waals surface area (Å²) in [5.74, 6) is -0.482. The summed E-state index contributed by atoms with van der Waals surface area (Å²) in [7, 11) is 0. The molecular weight excluding hydrogens is 837 g/mol. The molecule has 0 fully saturated rings. The highest BCUT2D eigenvalue weighted by Gasteiger charge is 2.17. The van der Waals surface area contributed by atoms with E-state index in [2.05, 4.69) is 154 Å². The largest absolute Gasteiger partial charge is 0.462 e. The highest BCUT2D eigenvalue weighted by molar-refractivity contribution is 5.70. The predicted molar refractivity (Wildman–Crippen MR) is 297 cm³/mol. The molecule has 1 unspecified atom stereocenters. The Morgan fingerprint density at radius 3 is 1.09 bits per heavy atom. The van der Waals surface area contributed by atoms with Crippen molar-refractivity contribution in [3.8, 4) is 0 Å². The molecule has 0 saturated heterocycles. The van der Waals surface area contributed by atoms with Gasteiger partial charge in [0.2, 0.25) is 0 Å². The van der Waals surface area contributed by atoms with Crippen molar-refractivity contribution in [1.29, 1.82) is 0 Å². The second-order valence-corrected chi connectivity index (χ2v) is 17.7. The smallest absolute Gasteiger partial charge is 0.306 e. The first-order valence-electron chi connectivity index (χ1n) is 27.7. The van der Waals surface area contributed by atoms with Gasteiger partial charge in [0.15, 0.2) is 6.10 Å². The van der Waals surface area contributed by atoms with E-state index in [0.717, 1.165) is 122 Å². The second kappa shape index (κ2) is 57.4. The molecule has 0 aromatic heterocycles. The van der Waals surface area contributed by atoms with E-state index in [4.69, 9.17) is 14.2 Å². The molecule has 0 rings (SSSR count). The van der Waals surface area contributed by atoms with Crippen LogP contribution in [-0.2, 0) is 23.8 Å². The van der Waals surface area contributed by atoms with Crippen molar-refractivity contribution in [3.63, 3.8) is 0 Å². The topological polar surface area (TPSA) is 61.8 Å². The normalized spacial score (nSPS) is 13.3. The van der Waals surface area contributed by atoms with Crippen molar-refractivity contribution in [1.82, 2.24) is 0 Å². The molecule has 1 atom stereocenters. The van der Waals surface area contributed by atoms with Gasteiger partial charge < -0.3 is 14.2 Å². The van der Waals surface area contributed by atoms with Crippen molar-refractivity contribution in [2.45, 2.75) is 232 Å². The quantitative estimate of drug-likeness (QED) is 0.0345. The average molecular weight is 940 g/mol. The fourth-order valence-electron chi connectivity index (χ4n) is 7.09. The van der Waals surface area contributed by atoms with E-state index in [9.17, 15) is 9.59 Å². The van der Waals surface area contributed by atoms with E-state index >= 15 is 0 Å². The molecular formula is C63H102O5. The van der Waals surface area contributed by atoms with Gasteiger partial charge in [0, 0.05) is 19.4 Å². The summed E-state index contributed by atoms with van der Waals surface area (Å²) in [4.78, 5) is 25.5. The van der Waals surface area contributed by atoms with Crippen LogP contribution in [0.5, 0.6) is 0 Å². The van der Waals surface area contributed by atoms with E-state index in [1.54, 1.807) is 0 Å². The van der Waals surface area contributed by atoms with Gasteiger partial charge in [-0.3, -0.25) is 9.59 Å². The molecule has 0 saturated carbocycles. The van der Waals surface area contributed by atoms with E-state index in [1.807, 2.05) is 0 Å². The first-order valence-corrected chi connectivity index (χ1v) is 27.7. The van der Waals surface area contributed by atoms with Gasteiger partial charge in [-0.25, -0.2) is 0 Å². The zero-order valence-electron chi connectivity index (χ0n) is 44.1. The van der Waals surface area contributed by atoms with Crippen molar-refractivity contribution in [2.75, 3.05) is 19.8 Å². The monoisotopic (exact) mass is 939 g/mol. The summed E-state index contributed by atoms with van der Waals surface area (Å²) in [5, 5.41) is 0. The molecule has 0 radical (unpaired) electrons. The lowest BCUT2D eigenvalue weighted by Gasteiger charge is -2.18. The Bertz CT molecular complexity index is 1430. The van der Waals surface area contributed by atoms with Gasteiger partial charge in [0.1, 0.15) is 6.61 Å². The lowest BCUT2D eigenvalue weighted by molar-refractivity contribution is -0.163. The van der Waals surface area contributed by atoms with Crippen LogP contribution >= 0.6 is 0 Å². The number of allylic oxidation sites excluding steroid dienone is 22. The van der Waals surface area contributed by atoms with Crippen LogP contribution in [0.3, 0.4) is 0 Å². The van der Waals surface area contributed by atoms with Gasteiger partial charge in [0.05, 0.1) is 6.61 Å². The number of ether oxygens (including phenoxy) is 3. The summed E-state index contributed by atoms with van der Waals surface area (Å²) in [6, 6.07) is 0. The first kappa shape index (κ1) is 64.0. The maximum absolute atomic E-state index is 12.8. The van der Waals surface area contributed by atoms with E-state index in [-0.39, 0.29) is 25.2 Å². The van der Waals surface area contributed by atoms with E-state index in [0.29, 0.717) is 19.4 Å². The van der Waals surface area contributed by atoms with Crippen molar-refractivity contribution in [3.05, 3.63) is 134 Å². The highest BCUT2D eigenvalue weighted by atomic mass is 16.6. The number of esters is 2. The second-order valence-electron chi connectivity index (χ2n) is 17.7. The molecule has 0 aliphatic rings. The summed E-state index contributed by atoms with van der Waals surface area (Å²) in [6.45, 7) is 7.41. The van der Waals surface area contributed by atoms with Crippen molar-refractivity contribution < 1.29 is 23.8 Å². The molecule has 384 valence electrons. The summed E-state index contributed by atoms with van der Waals surface area (Å²) in [5.41, 5.74) is 0. The predicted octanol–water partition coefficient (Wildman–Crippen LogP) is 19.1. The highest BCUT2D eigenvalue weighted by Crippen LogP contribution is 2.13. The molecule has 0 aliphatic heterocycles.